The highest BCUT2D eigenvalue weighted by atomic mass is 32.2. The second-order valence-corrected chi connectivity index (χ2v) is 5.45. The van der Waals surface area contributed by atoms with Crippen LogP contribution in [0.4, 0.5) is 5.69 Å². The molecule has 1 aromatic heterocycles. The van der Waals surface area contributed by atoms with E-state index in [1.165, 1.54) is 36.7 Å². The molecule has 0 unspecified atom stereocenters. The van der Waals surface area contributed by atoms with Gasteiger partial charge in [0.1, 0.15) is 12.0 Å². The molecule has 0 amide bonds. The van der Waals surface area contributed by atoms with Crippen LogP contribution in [0.2, 0.25) is 0 Å². The lowest BCUT2D eigenvalue weighted by molar-refractivity contribution is 0.0526. The molecule has 0 fully saturated rings. The minimum Gasteiger partial charge on any atom is -0.462 e. The maximum atomic E-state index is 12.0. The van der Waals surface area contributed by atoms with Crippen molar-refractivity contribution in [2.75, 3.05) is 11.3 Å². The van der Waals surface area contributed by atoms with Crippen molar-refractivity contribution in [2.24, 2.45) is 0 Å². The predicted molar refractivity (Wildman–Crippen MR) is 69.7 cm³/mol. The summed E-state index contributed by atoms with van der Waals surface area (Å²) in [6, 6.07) is 5.42. The van der Waals surface area contributed by atoms with E-state index in [0.29, 0.717) is 0 Å². The molecule has 0 aliphatic heterocycles. The molecule has 8 heteroatoms. The van der Waals surface area contributed by atoms with E-state index in [1.807, 2.05) is 0 Å². The summed E-state index contributed by atoms with van der Waals surface area (Å²) in [5, 5.41) is 3.39. The van der Waals surface area contributed by atoms with Gasteiger partial charge in [-0.15, -0.1) is 0 Å². The molecule has 0 radical (unpaired) electrons. The molecule has 0 saturated carbocycles. The van der Waals surface area contributed by atoms with Crippen molar-refractivity contribution in [3.8, 4) is 0 Å². The molecule has 2 aromatic rings. The van der Waals surface area contributed by atoms with Crippen molar-refractivity contribution in [1.29, 1.82) is 0 Å². The van der Waals surface area contributed by atoms with E-state index in [9.17, 15) is 13.2 Å². The Kier molecular flexibility index (Phi) is 4.04. The van der Waals surface area contributed by atoms with Gasteiger partial charge in [0.15, 0.2) is 0 Å². The Bertz CT molecular complexity index is 677. The third-order valence-electron chi connectivity index (χ3n) is 2.36. The smallest absolute Gasteiger partial charge is 0.338 e. The highest BCUT2D eigenvalue weighted by Crippen LogP contribution is 2.16. The van der Waals surface area contributed by atoms with Gasteiger partial charge in [-0.2, -0.15) is 0 Å². The zero-order valence-corrected chi connectivity index (χ0v) is 11.4. The molecule has 0 saturated heterocycles. The molecule has 20 heavy (non-hydrogen) atoms. The summed E-state index contributed by atoms with van der Waals surface area (Å²) in [4.78, 5) is 11.5. The van der Waals surface area contributed by atoms with Crippen LogP contribution in [0.25, 0.3) is 0 Å². The summed E-state index contributed by atoms with van der Waals surface area (Å²) in [6.07, 6.45) is 2.41. The van der Waals surface area contributed by atoms with Crippen molar-refractivity contribution in [1.82, 2.24) is 5.16 Å². The standard InChI is InChI=1S/C12H12N2O5S/c1-2-18-12(15)9-3-5-11(6-4-9)20(16,17)14-10-7-13-19-8-10/h3-8,14H,2H2,1H3. The van der Waals surface area contributed by atoms with Crippen molar-refractivity contribution in [2.45, 2.75) is 11.8 Å². The SMILES string of the molecule is CCOC(=O)c1ccc(S(=O)(=O)Nc2cnoc2)cc1. The summed E-state index contributed by atoms with van der Waals surface area (Å²) in [6.45, 7) is 1.95. The molecule has 1 aromatic carbocycles. The topological polar surface area (TPSA) is 98.5 Å². The number of carbonyl (C=O) groups excluding carboxylic acids is 1. The average molecular weight is 296 g/mol. The van der Waals surface area contributed by atoms with Gasteiger partial charge in [-0.25, -0.2) is 13.2 Å². The number of esters is 1. The van der Waals surface area contributed by atoms with Crippen LogP contribution in [0.15, 0.2) is 46.1 Å². The fourth-order valence-electron chi connectivity index (χ4n) is 1.45. The summed E-state index contributed by atoms with van der Waals surface area (Å²) in [7, 11) is -3.74. The predicted octanol–water partition coefficient (Wildman–Crippen LogP) is 1.65. The van der Waals surface area contributed by atoms with Gasteiger partial charge in [-0.05, 0) is 31.2 Å². The van der Waals surface area contributed by atoms with Crippen molar-refractivity contribution >= 4 is 21.7 Å². The largest absolute Gasteiger partial charge is 0.462 e. The Morgan fingerprint density at radius 2 is 2.05 bits per heavy atom. The second kappa shape index (κ2) is 5.74. The number of anilines is 1. The Hall–Kier alpha value is -2.35. The summed E-state index contributed by atoms with van der Waals surface area (Å²) >= 11 is 0. The maximum Gasteiger partial charge on any atom is 0.338 e. The summed E-state index contributed by atoms with van der Waals surface area (Å²) in [5.74, 6) is -0.497. The molecular formula is C12H12N2O5S. The third kappa shape index (κ3) is 3.15. The number of hydrogen-bond donors (Lipinski definition) is 1. The second-order valence-electron chi connectivity index (χ2n) is 3.76. The van der Waals surface area contributed by atoms with E-state index < -0.39 is 16.0 Å². The number of hydrogen-bond acceptors (Lipinski definition) is 6. The van der Waals surface area contributed by atoms with Gasteiger partial charge in [-0.1, -0.05) is 5.16 Å². The Morgan fingerprint density at radius 3 is 2.60 bits per heavy atom. The Labute approximate surface area is 115 Å². The first-order valence-corrected chi connectivity index (χ1v) is 7.20. The van der Waals surface area contributed by atoms with E-state index >= 15 is 0 Å². The number of aromatic nitrogens is 1. The lowest BCUT2D eigenvalue weighted by Crippen LogP contribution is -2.13. The van der Waals surface area contributed by atoms with Crippen molar-refractivity contribution < 1.29 is 22.5 Å². The Morgan fingerprint density at radius 1 is 1.35 bits per heavy atom. The monoisotopic (exact) mass is 296 g/mol. The van der Waals surface area contributed by atoms with E-state index in [1.54, 1.807) is 6.92 Å². The van der Waals surface area contributed by atoms with E-state index in [0.717, 1.165) is 0 Å². The van der Waals surface area contributed by atoms with Crippen molar-refractivity contribution in [3.63, 3.8) is 0 Å². The van der Waals surface area contributed by atoms with Crippen LogP contribution in [-0.2, 0) is 14.8 Å². The fourth-order valence-corrected chi connectivity index (χ4v) is 2.48. The molecule has 106 valence electrons. The number of nitrogens with one attached hydrogen (secondary N) is 1. The minimum atomic E-state index is -3.74. The maximum absolute atomic E-state index is 12.0. The van der Waals surface area contributed by atoms with Crippen LogP contribution >= 0.6 is 0 Å². The van der Waals surface area contributed by atoms with Gasteiger partial charge in [0.25, 0.3) is 10.0 Å². The number of rotatable bonds is 5. The lowest BCUT2D eigenvalue weighted by atomic mass is 10.2. The Balaban J connectivity index is 2.19. The zero-order valence-electron chi connectivity index (χ0n) is 10.6. The van der Waals surface area contributed by atoms with Crippen LogP contribution in [0, 0.1) is 0 Å². The number of sulfonamides is 1. The lowest BCUT2D eigenvalue weighted by Gasteiger charge is -2.06. The van der Waals surface area contributed by atoms with Crippen LogP contribution in [-0.4, -0.2) is 26.2 Å². The van der Waals surface area contributed by atoms with Gasteiger partial charge in [0.2, 0.25) is 0 Å². The summed E-state index contributed by atoms with van der Waals surface area (Å²) < 4.78 is 35.7. The molecule has 1 heterocycles. The van der Waals surface area contributed by atoms with Gasteiger partial charge in [-0.3, -0.25) is 4.72 Å². The number of nitrogens with zero attached hydrogens (tertiary/aromatic N) is 1. The van der Waals surface area contributed by atoms with Gasteiger partial charge in [0, 0.05) is 0 Å². The van der Waals surface area contributed by atoms with E-state index in [2.05, 4.69) is 14.4 Å². The fraction of sp³-hybridized carbons (Fsp3) is 0.167. The quantitative estimate of drug-likeness (QED) is 0.842. The first kappa shape index (κ1) is 14.1. The molecule has 2 rings (SSSR count). The van der Waals surface area contributed by atoms with Crippen molar-refractivity contribution in [3.05, 3.63) is 42.3 Å². The zero-order chi connectivity index (χ0) is 14.6. The first-order valence-electron chi connectivity index (χ1n) is 5.72. The average Bonchev–Trinajstić information content (AvgIpc) is 2.91. The van der Waals surface area contributed by atoms with Crippen LogP contribution in [0.3, 0.4) is 0 Å². The first-order chi connectivity index (χ1) is 9.53. The number of carbonyl (C=O) groups is 1. The van der Waals surface area contributed by atoms with E-state index in [-0.39, 0.29) is 22.8 Å². The van der Waals surface area contributed by atoms with Crippen LogP contribution < -0.4 is 4.72 Å². The molecule has 0 atom stereocenters. The third-order valence-corrected chi connectivity index (χ3v) is 3.76. The molecule has 0 spiro atoms. The van der Waals surface area contributed by atoms with Gasteiger partial charge >= 0.3 is 5.97 Å². The minimum absolute atomic E-state index is 0.0201. The van der Waals surface area contributed by atoms with Gasteiger partial charge < -0.3 is 9.26 Å². The molecular weight excluding hydrogens is 284 g/mol. The normalized spacial score (nSPS) is 11.1. The molecule has 1 N–H and O–H groups in total. The molecule has 0 aliphatic rings. The molecule has 0 aliphatic carbocycles. The highest BCUT2D eigenvalue weighted by Gasteiger charge is 2.16. The number of ether oxygens (including phenoxy) is 1. The van der Waals surface area contributed by atoms with Crippen LogP contribution in [0.1, 0.15) is 17.3 Å². The van der Waals surface area contributed by atoms with E-state index in [4.69, 9.17) is 4.74 Å². The molecule has 0 bridgehead atoms. The number of benzene rings is 1. The molecule has 7 nitrogen and oxygen atoms in total. The highest BCUT2D eigenvalue weighted by molar-refractivity contribution is 7.92. The summed E-state index contributed by atoms with van der Waals surface area (Å²) in [5.41, 5.74) is 0.509. The van der Waals surface area contributed by atoms with Crippen LogP contribution in [0.5, 0.6) is 0 Å². The van der Waals surface area contributed by atoms with Gasteiger partial charge in [0.05, 0.1) is 23.3 Å².